The van der Waals surface area contributed by atoms with Gasteiger partial charge in [0, 0.05) is 0 Å². The fraction of sp³-hybridized carbons (Fsp3) is 0.647. The van der Waals surface area contributed by atoms with Gasteiger partial charge in [0.1, 0.15) is 0 Å². The highest BCUT2D eigenvalue weighted by Gasteiger charge is 2.05. The normalized spacial score (nSPS) is 11.0. The summed E-state index contributed by atoms with van der Waals surface area (Å²) in [5, 5.41) is 0. The molecule has 0 unspecified atom stereocenters. The van der Waals surface area contributed by atoms with E-state index < -0.39 is 0 Å². The summed E-state index contributed by atoms with van der Waals surface area (Å²) in [6, 6.07) is 10.9. The van der Waals surface area contributed by atoms with Crippen molar-refractivity contribution in [1.29, 1.82) is 0 Å². The molecule has 0 heterocycles. The Labute approximate surface area is 107 Å². The zero-order chi connectivity index (χ0) is 12.3. The Kier molecular flexibility index (Phi) is 7.79. The SMILES string of the molecule is CCCC(CCC)CCCCc1ccccc1. The van der Waals surface area contributed by atoms with Crippen molar-refractivity contribution in [3.05, 3.63) is 35.9 Å². The molecule has 0 amide bonds. The van der Waals surface area contributed by atoms with E-state index >= 15 is 0 Å². The number of benzene rings is 1. The Morgan fingerprint density at radius 1 is 0.824 bits per heavy atom. The minimum absolute atomic E-state index is 0.987. The van der Waals surface area contributed by atoms with Gasteiger partial charge in [0.2, 0.25) is 0 Å². The third kappa shape index (κ3) is 6.51. The second kappa shape index (κ2) is 9.27. The Hall–Kier alpha value is -0.780. The fourth-order valence-corrected chi connectivity index (χ4v) is 2.66. The molecule has 0 nitrogen and oxygen atoms in total. The van der Waals surface area contributed by atoms with Crippen molar-refractivity contribution < 1.29 is 0 Å². The van der Waals surface area contributed by atoms with Crippen LogP contribution in [0.2, 0.25) is 0 Å². The lowest BCUT2D eigenvalue weighted by Gasteiger charge is -2.14. The Morgan fingerprint density at radius 3 is 2.06 bits per heavy atom. The Bertz CT molecular complexity index is 257. The highest BCUT2D eigenvalue weighted by molar-refractivity contribution is 5.14. The molecule has 0 N–H and O–H groups in total. The summed E-state index contributed by atoms with van der Waals surface area (Å²) in [5.74, 6) is 0.987. The van der Waals surface area contributed by atoms with Crippen molar-refractivity contribution >= 4 is 0 Å². The standard InChI is InChI=1S/C17H28/c1-3-10-16(11-4-2)14-8-9-15-17-12-6-5-7-13-17/h5-7,12-13,16H,3-4,8-11,14-15H2,1-2H3. The monoisotopic (exact) mass is 232 g/mol. The van der Waals surface area contributed by atoms with Gasteiger partial charge in [-0.25, -0.2) is 0 Å². The molecule has 1 aromatic rings. The quantitative estimate of drug-likeness (QED) is 0.485. The maximum absolute atomic E-state index is 2.31. The minimum atomic E-state index is 0.987. The molecule has 0 aliphatic carbocycles. The molecule has 0 radical (unpaired) electrons. The van der Waals surface area contributed by atoms with Gasteiger partial charge >= 0.3 is 0 Å². The van der Waals surface area contributed by atoms with Gasteiger partial charge in [-0.05, 0) is 24.3 Å². The summed E-state index contributed by atoms with van der Waals surface area (Å²) in [6.45, 7) is 4.62. The molecule has 0 spiro atoms. The summed E-state index contributed by atoms with van der Waals surface area (Å²) in [6.07, 6.45) is 11.0. The summed E-state index contributed by atoms with van der Waals surface area (Å²) < 4.78 is 0. The molecular weight excluding hydrogens is 204 g/mol. The number of unbranched alkanes of at least 4 members (excludes halogenated alkanes) is 1. The molecule has 1 rings (SSSR count). The van der Waals surface area contributed by atoms with E-state index in [1.54, 1.807) is 0 Å². The molecule has 0 fully saturated rings. The second-order valence-electron chi connectivity index (χ2n) is 5.17. The maximum Gasteiger partial charge on any atom is -0.0279 e. The van der Waals surface area contributed by atoms with Gasteiger partial charge in [-0.15, -0.1) is 0 Å². The molecule has 0 atom stereocenters. The Morgan fingerprint density at radius 2 is 1.47 bits per heavy atom. The van der Waals surface area contributed by atoms with Gasteiger partial charge in [0.15, 0.2) is 0 Å². The van der Waals surface area contributed by atoms with Crippen LogP contribution in [-0.2, 0) is 6.42 Å². The third-order valence-corrected chi connectivity index (χ3v) is 3.56. The summed E-state index contributed by atoms with van der Waals surface area (Å²) in [5.41, 5.74) is 1.50. The lowest BCUT2D eigenvalue weighted by atomic mass is 9.92. The van der Waals surface area contributed by atoms with Crippen LogP contribution in [0.4, 0.5) is 0 Å². The predicted molar refractivity (Wildman–Crippen MR) is 77.3 cm³/mol. The number of hydrogen-bond donors (Lipinski definition) is 0. The van der Waals surface area contributed by atoms with Gasteiger partial charge in [-0.3, -0.25) is 0 Å². The van der Waals surface area contributed by atoms with E-state index in [9.17, 15) is 0 Å². The average Bonchev–Trinajstić information content (AvgIpc) is 2.36. The van der Waals surface area contributed by atoms with Crippen LogP contribution in [0.3, 0.4) is 0 Å². The lowest BCUT2D eigenvalue weighted by Crippen LogP contribution is -2.00. The van der Waals surface area contributed by atoms with Crippen LogP contribution in [0, 0.1) is 5.92 Å². The molecule has 17 heavy (non-hydrogen) atoms. The molecular formula is C17H28. The Balaban J connectivity index is 2.13. The first-order chi connectivity index (χ1) is 8.36. The molecule has 0 aromatic heterocycles. The van der Waals surface area contributed by atoms with Crippen LogP contribution in [0.5, 0.6) is 0 Å². The molecule has 1 aromatic carbocycles. The van der Waals surface area contributed by atoms with Crippen LogP contribution >= 0.6 is 0 Å². The summed E-state index contributed by atoms with van der Waals surface area (Å²) in [4.78, 5) is 0. The van der Waals surface area contributed by atoms with Crippen molar-refractivity contribution in [3.8, 4) is 0 Å². The smallest absolute Gasteiger partial charge is 0.0279 e. The average molecular weight is 232 g/mol. The number of aryl methyl sites for hydroxylation is 1. The van der Waals surface area contributed by atoms with Gasteiger partial charge in [-0.1, -0.05) is 82.7 Å². The number of rotatable bonds is 9. The van der Waals surface area contributed by atoms with Crippen LogP contribution in [-0.4, -0.2) is 0 Å². The number of hydrogen-bond acceptors (Lipinski definition) is 0. The minimum Gasteiger partial charge on any atom is -0.0654 e. The molecule has 0 aliphatic heterocycles. The first-order valence-corrected chi connectivity index (χ1v) is 7.40. The molecule has 0 saturated carbocycles. The van der Waals surface area contributed by atoms with E-state index in [2.05, 4.69) is 44.2 Å². The fourth-order valence-electron chi connectivity index (χ4n) is 2.66. The molecule has 0 saturated heterocycles. The van der Waals surface area contributed by atoms with Crippen molar-refractivity contribution in [2.75, 3.05) is 0 Å². The summed E-state index contributed by atoms with van der Waals surface area (Å²) in [7, 11) is 0. The predicted octanol–water partition coefficient (Wildman–Crippen LogP) is 5.62. The zero-order valence-corrected chi connectivity index (χ0v) is 11.6. The van der Waals surface area contributed by atoms with E-state index in [-0.39, 0.29) is 0 Å². The van der Waals surface area contributed by atoms with E-state index in [0.717, 1.165) is 5.92 Å². The van der Waals surface area contributed by atoms with Crippen molar-refractivity contribution in [3.63, 3.8) is 0 Å². The van der Waals surface area contributed by atoms with E-state index in [1.165, 1.54) is 56.9 Å². The topological polar surface area (TPSA) is 0 Å². The van der Waals surface area contributed by atoms with E-state index in [1.807, 2.05) is 0 Å². The van der Waals surface area contributed by atoms with Crippen LogP contribution in [0.1, 0.15) is 64.4 Å². The molecule has 0 bridgehead atoms. The first-order valence-electron chi connectivity index (χ1n) is 7.40. The second-order valence-corrected chi connectivity index (χ2v) is 5.17. The van der Waals surface area contributed by atoms with Crippen molar-refractivity contribution in [1.82, 2.24) is 0 Å². The van der Waals surface area contributed by atoms with Gasteiger partial charge in [-0.2, -0.15) is 0 Å². The molecule has 96 valence electrons. The highest BCUT2D eigenvalue weighted by atomic mass is 14.1. The lowest BCUT2D eigenvalue weighted by molar-refractivity contribution is 0.395. The van der Waals surface area contributed by atoms with Gasteiger partial charge in [0.25, 0.3) is 0 Å². The van der Waals surface area contributed by atoms with Crippen molar-refractivity contribution in [2.24, 2.45) is 5.92 Å². The summed E-state index contributed by atoms with van der Waals surface area (Å²) >= 11 is 0. The largest absolute Gasteiger partial charge is 0.0654 e. The van der Waals surface area contributed by atoms with Crippen LogP contribution in [0.15, 0.2) is 30.3 Å². The van der Waals surface area contributed by atoms with E-state index in [4.69, 9.17) is 0 Å². The third-order valence-electron chi connectivity index (χ3n) is 3.56. The zero-order valence-electron chi connectivity index (χ0n) is 11.6. The first kappa shape index (κ1) is 14.3. The highest BCUT2D eigenvalue weighted by Crippen LogP contribution is 2.20. The van der Waals surface area contributed by atoms with Gasteiger partial charge in [0.05, 0.1) is 0 Å². The maximum atomic E-state index is 2.31. The molecule has 0 heteroatoms. The molecule has 0 aliphatic rings. The van der Waals surface area contributed by atoms with Crippen LogP contribution in [0.25, 0.3) is 0 Å². The van der Waals surface area contributed by atoms with E-state index in [0.29, 0.717) is 0 Å². The van der Waals surface area contributed by atoms with Gasteiger partial charge < -0.3 is 0 Å². The van der Waals surface area contributed by atoms with Crippen molar-refractivity contribution in [2.45, 2.75) is 65.2 Å². The van der Waals surface area contributed by atoms with Crippen LogP contribution < -0.4 is 0 Å².